The van der Waals surface area contributed by atoms with Gasteiger partial charge in [0, 0.05) is 27.6 Å². The Kier molecular flexibility index (Phi) is 19.7. The van der Waals surface area contributed by atoms with Crippen LogP contribution in [0.3, 0.4) is 0 Å². The fraction of sp³-hybridized carbons (Fsp3) is 0.248. The molecule has 0 aromatic heterocycles. The van der Waals surface area contributed by atoms with Gasteiger partial charge in [0.1, 0.15) is 0 Å². The Balaban J connectivity index is 0.000000206. The molecule has 5 aliphatic rings. The molecule has 0 N–H and O–H groups in total. The third-order valence-electron chi connectivity index (χ3n) is 27.8. The van der Waals surface area contributed by atoms with Crippen LogP contribution >= 0.6 is 0 Å². The molecule has 2 nitrogen and oxygen atoms in total. The molecule has 15 aromatic rings. The van der Waals surface area contributed by atoms with Gasteiger partial charge in [-0.05, 0) is 294 Å². The second-order valence-electron chi connectivity index (χ2n) is 37.2. The minimum absolute atomic E-state index is 0.0888. The molecule has 15 aromatic carbocycles. The van der Waals surface area contributed by atoms with Crippen molar-refractivity contribution in [2.24, 2.45) is 0 Å². The smallest absolute Gasteiger partial charge is 0.0742 e. The molecule has 0 bridgehead atoms. The minimum atomic E-state index is -0.671. The topological polar surface area (TPSA) is 6.48 Å². The van der Waals surface area contributed by atoms with Crippen LogP contribution in [0.25, 0.3) is 44.2 Å². The number of unbranched alkanes of at least 4 members (excludes halogenated alkanes) is 2. The number of nitrogens with zero attached hydrogens (tertiary/aromatic N) is 2. The van der Waals surface area contributed by atoms with E-state index in [1.807, 2.05) is 0 Å². The van der Waals surface area contributed by atoms with Gasteiger partial charge in [0.2, 0.25) is 0 Å². The second-order valence-corrected chi connectivity index (χ2v) is 37.2. The average molecular weight is 1550 g/mol. The molecule has 0 atom stereocenters. The fourth-order valence-electron chi connectivity index (χ4n) is 21.2. The highest BCUT2D eigenvalue weighted by atomic mass is 15.2. The highest BCUT2D eigenvalue weighted by molar-refractivity contribution is 6.04. The Morgan fingerprint density at radius 2 is 0.529 bits per heavy atom. The summed E-state index contributed by atoms with van der Waals surface area (Å²) >= 11 is 0. The quantitative estimate of drug-likeness (QED) is 0.120. The molecular formula is C117H114N2. The lowest BCUT2D eigenvalue weighted by Gasteiger charge is -2.47. The number of hydrogen-bond donors (Lipinski definition) is 0. The first-order valence-electron chi connectivity index (χ1n) is 43.8. The Morgan fingerprint density at radius 1 is 0.235 bits per heavy atom. The molecule has 0 radical (unpaired) electrons. The van der Waals surface area contributed by atoms with Crippen LogP contribution in [0.1, 0.15) is 226 Å². The van der Waals surface area contributed by atoms with Crippen LogP contribution in [0.15, 0.2) is 291 Å². The van der Waals surface area contributed by atoms with Crippen LogP contribution in [0.2, 0.25) is 0 Å². The summed E-state index contributed by atoms with van der Waals surface area (Å²) < 4.78 is 0. The fourth-order valence-corrected chi connectivity index (χ4v) is 21.2. The number of benzene rings is 15. The van der Waals surface area contributed by atoms with Gasteiger partial charge in [-0.3, -0.25) is 0 Å². The van der Waals surface area contributed by atoms with Crippen molar-refractivity contribution in [3.63, 3.8) is 0 Å². The lowest BCUT2D eigenvalue weighted by molar-refractivity contribution is 0.656. The summed E-state index contributed by atoms with van der Waals surface area (Å²) in [6, 6.07) is 114. The van der Waals surface area contributed by atoms with Crippen molar-refractivity contribution in [3.8, 4) is 33.4 Å². The van der Waals surface area contributed by atoms with E-state index in [9.17, 15) is 0 Å². The molecule has 3 aliphatic carbocycles. The highest BCUT2D eigenvalue weighted by Gasteiger charge is 2.53. The summed E-state index contributed by atoms with van der Waals surface area (Å²) in [6.07, 6.45) is 6.88. The van der Waals surface area contributed by atoms with E-state index in [1.54, 1.807) is 0 Å². The first kappa shape index (κ1) is 78.3. The standard InChI is InChI=1S/C79H76N2.C21H20.C17H18/c1-11-13-15-57-27-39-63(40-28-57)80-73-43-25-55(7)45-69(73)78(59-31-17-51(3)18-32-59,60-33-19-52(4)20-34-60)71-47-65-66-48-72-76(50-68(66)77(9,10)67(65)49-75(71)80)81(64-41-29-58(30-42-64)16-14-12-2)74-44-26-56(8)46-70(74)79(72,61-35-21-53(5)22-36-61)62-37-23-54(6)24-38-62;1-13-9-10-17-18(11-13)21(3,4)19-12-14(2)15-7-5-6-8-16(15)20(17)19;1-11-5-7-13-14-8-6-12(2)10-16(14)17(3,4)15(13)9-11/h17-50H,11-16H2,1-10H3;5-12H,1-4H3;5-10H,1-4H3. The number of hydrogen-bond acceptors (Lipinski definition) is 2. The van der Waals surface area contributed by atoms with Crippen LogP contribution in [-0.4, -0.2) is 0 Å². The number of rotatable bonds is 12. The van der Waals surface area contributed by atoms with E-state index in [0.717, 1.165) is 12.8 Å². The van der Waals surface area contributed by atoms with E-state index in [4.69, 9.17) is 0 Å². The van der Waals surface area contributed by atoms with E-state index < -0.39 is 10.8 Å². The van der Waals surface area contributed by atoms with E-state index in [-0.39, 0.29) is 16.2 Å². The average Bonchev–Trinajstić information content (AvgIpc) is 1.66. The monoisotopic (exact) mass is 1550 g/mol. The highest BCUT2D eigenvalue weighted by Crippen LogP contribution is 2.66. The first-order chi connectivity index (χ1) is 57.2. The maximum Gasteiger partial charge on any atom is 0.0742 e. The summed E-state index contributed by atoms with van der Waals surface area (Å²) in [4.78, 5) is 5.20. The van der Waals surface area contributed by atoms with Crippen molar-refractivity contribution < 1.29 is 0 Å². The third-order valence-corrected chi connectivity index (χ3v) is 27.8. The van der Waals surface area contributed by atoms with Crippen molar-refractivity contribution in [1.82, 2.24) is 0 Å². The Bertz CT molecular complexity index is 6070. The maximum atomic E-state index is 2.66. The van der Waals surface area contributed by atoms with Gasteiger partial charge in [-0.25, -0.2) is 0 Å². The lowest BCUT2D eigenvalue weighted by atomic mass is 9.61. The van der Waals surface area contributed by atoms with Crippen molar-refractivity contribution in [3.05, 3.63) is 436 Å². The van der Waals surface area contributed by atoms with Crippen LogP contribution in [0, 0.1) is 69.2 Å². The summed E-state index contributed by atoms with van der Waals surface area (Å²) in [6.45, 7) is 41.0. The lowest BCUT2D eigenvalue weighted by Crippen LogP contribution is -2.38. The van der Waals surface area contributed by atoms with Crippen LogP contribution in [0.5, 0.6) is 0 Å². The molecule has 0 saturated carbocycles. The van der Waals surface area contributed by atoms with E-state index in [2.05, 4.69) is 426 Å². The zero-order valence-corrected chi connectivity index (χ0v) is 73.3. The van der Waals surface area contributed by atoms with Gasteiger partial charge in [0.15, 0.2) is 0 Å². The third kappa shape index (κ3) is 12.8. The number of fused-ring (bicyclic) bond motifs is 15. The van der Waals surface area contributed by atoms with Crippen LogP contribution < -0.4 is 9.80 Å². The molecule has 0 saturated heterocycles. The molecular weight excluding hydrogens is 1430 g/mol. The molecule has 0 unspecified atom stereocenters. The largest absolute Gasteiger partial charge is 0.310 e. The van der Waals surface area contributed by atoms with Gasteiger partial charge >= 0.3 is 0 Å². The zero-order valence-electron chi connectivity index (χ0n) is 73.3. The predicted molar refractivity (Wildman–Crippen MR) is 507 cm³/mol. The van der Waals surface area contributed by atoms with Gasteiger partial charge in [-0.2, -0.15) is 0 Å². The predicted octanol–water partition coefficient (Wildman–Crippen LogP) is 31.2. The van der Waals surface area contributed by atoms with Gasteiger partial charge in [0.25, 0.3) is 0 Å². The zero-order chi connectivity index (χ0) is 82.9. The Hall–Kier alpha value is -11.8. The van der Waals surface area contributed by atoms with Crippen LogP contribution in [-0.2, 0) is 39.9 Å². The van der Waals surface area contributed by atoms with Crippen LogP contribution in [0.4, 0.5) is 34.1 Å². The molecule has 0 spiro atoms. The first-order valence-corrected chi connectivity index (χ1v) is 43.8. The summed E-state index contributed by atoms with van der Waals surface area (Å²) in [5.74, 6) is 0. The number of aryl methyl sites for hydroxylation is 12. The molecule has 119 heavy (non-hydrogen) atoms. The second kappa shape index (κ2) is 29.9. The van der Waals surface area contributed by atoms with E-state index in [0.29, 0.717) is 0 Å². The normalized spacial score (nSPS) is 15.0. The molecule has 20 rings (SSSR count). The van der Waals surface area contributed by atoms with Crippen molar-refractivity contribution in [2.45, 2.75) is 190 Å². The van der Waals surface area contributed by atoms with Crippen molar-refractivity contribution >= 4 is 44.9 Å². The van der Waals surface area contributed by atoms with Gasteiger partial charge in [-0.1, -0.05) is 349 Å². The van der Waals surface area contributed by atoms with Crippen molar-refractivity contribution in [2.75, 3.05) is 9.80 Å². The number of anilines is 6. The van der Waals surface area contributed by atoms with Gasteiger partial charge < -0.3 is 9.80 Å². The van der Waals surface area contributed by atoms with Crippen molar-refractivity contribution in [1.29, 1.82) is 0 Å². The molecule has 0 fully saturated rings. The molecule has 2 heteroatoms. The molecule has 2 aliphatic heterocycles. The minimum Gasteiger partial charge on any atom is -0.310 e. The summed E-state index contributed by atoms with van der Waals surface area (Å²) in [5, 5.41) is 2.77. The Morgan fingerprint density at radius 3 is 0.891 bits per heavy atom. The SMILES string of the molecule is CCCCc1ccc(N2c3ccc(C)cc3C(c3ccc(C)cc3)(c3ccc(C)cc3)c3cc4c(cc32)C(C)(C)c2cc3c(cc2-4)C(c2ccc(C)cc2)(c2ccc(C)cc2)c2cc(C)ccc2N3c2ccc(CCCC)cc2)cc1.Cc1ccc2c(c1)C(C)(C)c1cc(C)c3ccccc3c1-2.Cc1ccc2c(c1)C(C)(C)c1cc(C)ccc1-2. The Labute approximate surface area is 709 Å². The summed E-state index contributed by atoms with van der Waals surface area (Å²) in [5.41, 5.74) is 48.5. The molecule has 592 valence electrons. The molecule has 2 heterocycles. The maximum absolute atomic E-state index is 2.66. The van der Waals surface area contributed by atoms with E-state index in [1.165, 1.54) is 249 Å². The van der Waals surface area contributed by atoms with E-state index >= 15 is 0 Å². The van der Waals surface area contributed by atoms with Gasteiger partial charge in [-0.15, -0.1) is 0 Å². The summed E-state index contributed by atoms with van der Waals surface area (Å²) in [7, 11) is 0. The molecule has 0 amide bonds. The van der Waals surface area contributed by atoms with Gasteiger partial charge in [0.05, 0.1) is 33.6 Å².